The van der Waals surface area contributed by atoms with E-state index >= 15 is 0 Å². The van der Waals surface area contributed by atoms with E-state index in [2.05, 4.69) is 29.5 Å². The number of aryl methyl sites for hydroxylation is 1. The Kier molecular flexibility index (Phi) is 4.68. The lowest BCUT2D eigenvalue weighted by Gasteiger charge is -2.30. The van der Waals surface area contributed by atoms with Gasteiger partial charge in [0, 0.05) is 43.0 Å². The molecular weight excluding hydrogens is 340 g/mol. The molecule has 1 fully saturated rings. The van der Waals surface area contributed by atoms with Gasteiger partial charge in [-0.1, -0.05) is 0 Å². The number of hydrogen-bond acceptors (Lipinski definition) is 6. The molecule has 142 valence electrons. The minimum absolute atomic E-state index is 0.0126. The molecule has 0 saturated heterocycles. The number of aromatic nitrogens is 3. The van der Waals surface area contributed by atoms with Gasteiger partial charge in [0.25, 0.3) is 5.91 Å². The minimum Gasteiger partial charge on any atom is -0.367 e. The minimum atomic E-state index is 0.0126. The zero-order chi connectivity index (χ0) is 19.0. The van der Waals surface area contributed by atoms with Crippen molar-refractivity contribution in [1.82, 2.24) is 19.9 Å². The molecule has 0 atom stereocenters. The highest BCUT2D eigenvalue weighted by atomic mass is 16.2. The summed E-state index contributed by atoms with van der Waals surface area (Å²) in [5.41, 5.74) is 3.69. The molecule has 1 saturated carbocycles. The topological polar surface area (TPSA) is 83.0 Å². The van der Waals surface area contributed by atoms with Gasteiger partial charge in [0.2, 0.25) is 5.95 Å². The van der Waals surface area contributed by atoms with E-state index in [-0.39, 0.29) is 11.9 Å². The Morgan fingerprint density at radius 1 is 1.26 bits per heavy atom. The van der Waals surface area contributed by atoms with Crippen LogP contribution >= 0.6 is 0 Å². The van der Waals surface area contributed by atoms with E-state index in [4.69, 9.17) is 9.97 Å². The Balaban J connectivity index is 1.61. The molecule has 4 rings (SSSR count). The quantitative estimate of drug-likeness (QED) is 0.847. The van der Waals surface area contributed by atoms with Gasteiger partial charge in [-0.3, -0.25) is 9.78 Å². The van der Waals surface area contributed by atoms with Gasteiger partial charge in [-0.15, -0.1) is 0 Å². The molecular formula is C20H26N6O. The van der Waals surface area contributed by atoms with Crippen LogP contribution in [0.2, 0.25) is 0 Å². The summed E-state index contributed by atoms with van der Waals surface area (Å²) in [6.07, 6.45) is 6.47. The zero-order valence-corrected chi connectivity index (χ0v) is 16.1. The monoisotopic (exact) mass is 366 g/mol. The van der Waals surface area contributed by atoms with Gasteiger partial charge < -0.3 is 15.5 Å². The van der Waals surface area contributed by atoms with Crippen LogP contribution in [0.15, 0.2) is 18.5 Å². The maximum absolute atomic E-state index is 12.9. The first-order chi connectivity index (χ1) is 13.0. The molecule has 0 spiro atoms. The Morgan fingerprint density at radius 3 is 2.78 bits per heavy atom. The zero-order valence-electron chi connectivity index (χ0n) is 16.1. The second-order valence-corrected chi connectivity index (χ2v) is 7.77. The van der Waals surface area contributed by atoms with Crippen molar-refractivity contribution >= 4 is 17.7 Å². The summed E-state index contributed by atoms with van der Waals surface area (Å²) in [7, 11) is 0. The predicted octanol–water partition coefficient (Wildman–Crippen LogP) is 2.77. The number of anilines is 2. The smallest absolute Gasteiger partial charge is 0.255 e. The summed E-state index contributed by atoms with van der Waals surface area (Å²) < 4.78 is 0. The van der Waals surface area contributed by atoms with Crippen LogP contribution in [0.5, 0.6) is 0 Å². The van der Waals surface area contributed by atoms with Gasteiger partial charge in [0.05, 0.1) is 17.8 Å². The second kappa shape index (κ2) is 7.13. The number of nitrogens with one attached hydrogen (secondary N) is 2. The molecule has 0 bridgehead atoms. The molecule has 7 nitrogen and oxygen atoms in total. The maximum atomic E-state index is 12.9. The molecule has 2 aromatic rings. The molecule has 2 aliphatic rings. The first-order valence-corrected chi connectivity index (χ1v) is 9.63. The Labute approximate surface area is 159 Å². The summed E-state index contributed by atoms with van der Waals surface area (Å²) in [5.74, 6) is 1.54. The van der Waals surface area contributed by atoms with E-state index in [9.17, 15) is 4.79 Å². The largest absolute Gasteiger partial charge is 0.367 e. The lowest BCUT2D eigenvalue weighted by molar-refractivity contribution is 0.0733. The predicted molar refractivity (Wildman–Crippen MR) is 105 cm³/mol. The van der Waals surface area contributed by atoms with Gasteiger partial charge in [0.15, 0.2) is 0 Å². The first kappa shape index (κ1) is 17.7. The standard InChI is InChI=1S/C20H26N6O/c1-12(2)22-20-24-17-6-7-26(19(27)14-8-13(3)9-21-10-14)11-16(17)18(25-20)23-15-4-5-15/h8-10,12,15H,4-7,11H2,1-3H3,(H2,22,23,24,25). The number of nitrogens with zero attached hydrogens (tertiary/aromatic N) is 4. The van der Waals surface area contributed by atoms with Crippen molar-refractivity contribution in [1.29, 1.82) is 0 Å². The van der Waals surface area contributed by atoms with E-state index in [0.717, 1.165) is 29.1 Å². The van der Waals surface area contributed by atoms with Crippen molar-refractivity contribution in [3.63, 3.8) is 0 Å². The molecule has 0 aromatic carbocycles. The van der Waals surface area contributed by atoms with Crippen LogP contribution in [0.25, 0.3) is 0 Å². The highest BCUT2D eigenvalue weighted by Crippen LogP contribution is 2.31. The highest BCUT2D eigenvalue weighted by Gasteiger charge is 2.29. The third-order valence-electron chi connectivity index (χ3n) is 4.81. The van der Waals surface area contributed by atoms with Gasteiger partial charge in [-0.2, -0.15) is 4.98 Å². The number of carbonyl (C=O) groups is 1. The van der Waals surface area contributed by atoms with Gasteiger partial charge >= 0.3 is 0 Å². The summed E-state index contributed by atoms with van der Waals surface area (Å²) in [6, 6.07) is 2.65. The van der Waals surface area contributed by atoms with Crippen LogP contribution in [0.4, 0.5) is 11.8 Å². The van der Waals surface area contributed by atoms with Crippen LogP contribution in [-0.2, 0) is 13.0 Å². The highest BCUT2D eigenvalue weighted by molar-refractivity contribution is 5.94. The van der Waals surface area contributed by atoms with Crippen molar-refractivity contribution in [2.24, 2.45) is 0 Å². The average molecular weight is 366 g/mol. The Morgan fingerprint density at radius 2 is 2.07 bits per heavy atom. The molecule has 27 heavy (non-hydrogen) atoms. The maximum Gasteiger partial charge on any atom is 0.255 e. The number of carbonyl (C=O) groups excluding carboxylic acids is 1. The lowest BCUT2D eigenvalue weighted by atomic mass is 10.0. The molecule has 2 aromatic heterocycles. The third kappa shape index (κ3) is 4.02. The van der Waals surface area contributed by atoms with Crippen molar-refractivity contribution < 1.29 is 4.79 Å². The number of amides is 1. The van der Waals surface area contributed by atoms with Gasteiger partial charge in [-0.05, 0) is 45.2 Å². The molecule has 0 radical (unpaired) electrons. The Hall–Kier alpha value is -2.70. The normalized spacial score (nSPS) is 16.2. The summed E-state index contributed by atoms with van der Waals surface area (Å²) in [5, 5.41) is 6.83. The summed E-state index contributed by atoms with van der Waals surface area (Å²) in [6.45, 7) is 7.28. The third-order valence-corrected chi connectivity index (χ3v) is 4.81. The van der Waals surface area contributed by atoms with Gasteiger partial charge in [0.1, 0.15) is 5.82 Å². The van der Waals surface area contributed by atoms with Crippen LogP contribution in [0.3, 0.4) is 0 Å². The fourth-order valence-corrected chi connectivity index (χ4v) is 3.31. The molecule has 1 aliphatic carbocycles. The lowest BCUT2D eigenvalue weighted by Crippen LogP contribution is -2.37. The SMILES string of the molecule is Cc1cncc(C(=O)N2CCc3nc(NC(C)C)nc(NC4CC4)c3C2)c1. The molecule has 2 N–H and O–H groups in total. The first-order valence-electron chi connectivity index (χ1n) is 9.63. The van der Waals surface area contributed by atoms with Crippen LogP contribution < -0.4 is 10.6 Å². The molecule has 0 unspecified atom stereocenters. The van der Waals surface area contributed by atoms with E-state index in [1.54, 1.807) is 12.4 Å². The van der Waals surface area contributed by atoms with Crippen molar-refractivity contribution in [2.45, 2.75) is 58.7 Å². The van der Waals surface area contributed by atoms with E-state index < -0.39 is 0 Å². The summed E-state index contributed by atoms with van der Waals surface area (Å²) in [4.78, 5) is 28.4. The van der Waals surface area contributed by atoms with E-state index in [0.29, 0.717) is 30.6 Å². The molecule has 1 aliphatic heterocycles. The van der Waals surface area contributed by atoms with Gasteiger partial charge in [-0.25, -0.2) is 4.98 Å². The summed E-state index contributed by atoms with van der Waals surface area (Å²) >= 11 is 0. The Bertz CT molecular complexity index is 862. The number of rotatable bonds is 5. The van der Waals surface area contributed by atoms with Crippen LogP contribution in [0.1, 0.15) is 53.9 Å². The molecule has 3 heterocycles. The van der Waals surface area contributed by atoms with Crippen molar-refractivity contribution in [3.05, 3.63) is 40.8 Å². The fourth-order valence-electron chi connectivity index (χ4n) is 3.31. The van der Waals surface area contributed by atoms with E-state index in [1.807, 2.05) is 17.9 Å². The second-order valence-electron chi connectivity index (χ2n) is 7.77. The number of fused-ring (bicyclic) bond motifs is 1. The van der Waals surface area contributed by atoms with Crippen molar-refractivity contribution in [3.8, 4) is 0 Å². The van der Waals surface area contributed by atoms with Crippen LogP contribution in [-0.4, -0.2) is 44.4 Å². The molecule has 1 amide bonds. The van der Waals surface area contributed by atoms with Crippen molar-refractivity contribution in [2.75, 3.05) is 17.2 Å². The number of pyridine rings is 1. The van der Waals surface area contributed by atoms with E-state index in [1.165, 1.54) is 12.8 Å². The average Bonchev–Trinajstić information content (AvgIpc) is 3.44. The fraction of sp³-hybridized carbons (Fsp3) is 0.500. The van der Waals surface area contributed by atoms with Crippen LogP contribution in [0, 0.1) is 6.92 Å². The molecule has 7 heteroatoms. The number of hydrogen-bond donors (Lipinski definition) is 2.